The van der Waals surface area contributed by atoms with Gasteiger partial charge in [-0.3, -0.25) is 14.6 Å². The minimum absolute atomic E-state index is 0. The number of benzene rings is 2. The average molecular weight is 500 g/mol. The molecule has 2 heterocycles. The molecule has 1 aliphatic rings. The standard InChI is InChI=1S/C22H23ClFN3O3S.ClH/c1-15-12-16(23)13-19-21(15)25-22(31-19)27(7-6-26-8-10-29-11-9-26)20(28)14-30-18-5-3-2-4-17(18)24;/h2-5,12-13H,6-11,14H2,1H3;1H. The normalized spacial score (nSPS) is 14.2. The van der Waals surface area contributed by atoms with Crippen LogP contribution >= 0.6 is 35.3 Å². The molecule has 0 N–H and O–H groups in total. The molecule has 1 amide bonds. The number of aryl methyl sites for hydroxylation is 1. The molecule has 4 rings (SSSR count). The average Bonchev–Trinajstić information content (AvgIpc) is 3.18. The molecule has 3 aromatic rings. The molecular formula is C22H24Cl2FN3O3S. The van der Waals surface area contributed by atoms with E-state index in [-0.39, 0.29) is 30.7 Å². The van der Waals surface area contributed by atoms with Gasteiger partial charge in [0.15, 0.2) is 23.3 Å². The number of aromatic nitrogens is 1. The predicted octanol–water partition coefficient (Wildman–Crippen LogP) is 4.56. The van der Waals surface area contributed by atoms with Gasteiger partial charge in [0, 0.05) is 31.2 Å². The summed E-state index contributed by atoms with van der Waals surface area (Å²) < 4.78 is 25.7. The molecule has 0 radical (unpaired) electrons. The fourth-order valence-electron chi connectivity index (χ4n) is 3.43. The van der Waals surface area contributed by atoms with Crippen LogP contribution in [0.3, 0.4) is 0 Å². The maximum absolute atomic E-state index is 13.9. The molecule has 10 heteroatoms. The zero-order chi connectivity index (χ0) is 21.8. The maximum atomic E-state index is 13.9. The molecule has 1 aromatic heterocycles. The first-order chi connectivity index (χ1) is 15.0. The van der Waals surface area contributed by atoms with Gasteiger partial charge in [-0.1, -0.05) is 35.1 Å². The van der Waals surface area contributed by atoms with Gasteiger partial charge >= 0.3 is 0 Å². The van der Waals surface area contributed by atoms with Crippen LogP contribution in [-0.2, 0) is 9.53 Å². The Balaban J connectivity index is 0.00000289. The number of thiazole rings is 1. The molecule has 1 fully saturated rings. The zero-order valence-corrected chi connectivity index (χ0v) is 19.9. The predicted molar refractivity (Wildman–Crippen MR) is 128 cm³/mol. The largest absolute Gasteiger partial charge is 0.481 e. The van der Waals surface area contributed by atoms with Crippen molar-refractivity contribution in [3.05, 3.63) is 52.8 Å². The summed E-state index contributed by atoms with van der Waals surface area (Å²) in [5.41, 5.74) is 1.77. The first kappa shape index (κ1) is 24.7. The van der Waals surface area contributed by atoms with E-state index < -0.39 is 5.82 Å². The van der Waals surface area contributed by atoms with Crippen LogP contribution in [0.5, 0.6) is 5.75 Å². The molecule has 172 valence electrons. The third kappa shape index (κ3) is 5.88. The Labute approximate surface area is 201 Å². The van der Waals surface area contributed by atoms with Crippen LogP contribution in [-0.4, -0.2) is 61.8 Å². The minimum Gasteiger partial charge on any atom is -0.481 e. The van der Waals surface area contributed by atoms with Gasteiger partial charge in [0.05, 0.1) is 23.4 Å². The second-order valence-corrected chi connectivity index (χ2v) is 8.73. The molecule has 0 unspecified atom stereocenters. The number of hydrogen-bond acceptors (Lipinski definition) is 6. The van der Waals surface area contributed by atoms with Gasteiger partial charge in [-0.15, -0.1) is 12.4 Å². The van der Waals surface area contributed by atoms with E-state index in [9.17, 15) is 9.18 Å². The van der Waals surface area contributed by atoms with Crippen molar-refractivity contribution in [1.29, 1.82) is 0 Å². The molecule has 0 bridgehead atoms. The van der Waals surface area contributed by atoms with Crippen molar-refractivity contribution in [2.45, 2.75) is 6.92 Å². The van der Waals surface area contributed by atoms with Crippen LogP contribution in [0.1, 0.15) is 5.56 Å². The lowest BCUT2D eigenvalue weighted by Crippen LogP contribution is -2.44. The fourth-order valence-corrected chi connectivity index (χ4v) is 4.89. The lowest BCUT2D eigenvalue weighted by atomic mass is 10.2. The van der Waals surface area contributed by atoms with Crippen LogP contribution in [0.15, 0.2) is 36.4 Å². The summed E-state index contributed by atoms with van der Waals surface area (Å²) in [5.74, 6) is -0.726. The summed E-state index contributed by atoms with van der Waals surface area (Å²) in [5, 5.41) is 1.21. The molecular weight excluding hydrogens is 476 g/mol. The van der Waals surface area contributed by atoms with Gasteiger partial charge in [0.25, 0.3) is 5.91 Å². The molecule has 1 saturated heterocycles. The van der Waals surface area contributed by atoms with Crippen molar-refractivity contribution in [3.8, 4) is 5.75 Å². The van der Waals surface area contributed by atoms with Gasteiger partial charge in [-0.05, 0) is 36.8 Å². The van der Waals surface area contributed by atoms with Crippen LogP contribution in [0, 0.1) is 12.7 Å². The summed E-state index contributed by atoms with van der Waals surface area (Å²) in [6, 6.07) is 9.76. The third-order valence-electron chi connectivity index (χ3n) is 5.10. The van der Waals surface area contributed by atoms with Crippen LogP contribution in [0.2, 0.25) is 5.02 Å². The van der Waals surface area contributed by atoms with E-state index in [0.29, 0.717) is 36.5 Å². The number of carbonyl (C=O) groups excluding carboxylic acids is 1. The van der Waals surface area contributed by atoms with Crippen molar-refractivity contribution in [1.82, 2.24) is 9.88 Å². The monoisotopic (exact) mass is 499 g/mol. The van der Waals surface area contributed by atoms with Crippen LogP contribution in [0.25, 0.3) is 10.2 Å². The Hall–Kier alpha value is -1.97. The molecule has 2 aromatic carbocycles. The summed E-state index contributed by atoms with van der Waals surface area (Å²) >= 11 is 7.60. The second kappa shape index (κ2) is 11.2. The third-order valence-corrected chi connectivity index (χ3v) is 6.35. The number of fused-ring (bicyclic) bond motifs is 1. The second-order valence-electron chi connectivity index (χ2n) is 7.28. The Morgan fingerprint density at radius 3 is 2.81 bits per heavy atom. The molecule has 0 atom stereocenters. The maximum Gasteiger partial charge on any atom is 0.266 e. The highest BCUT2D eigenvalue weighted by atomic mass is 35.5. The number of anilines is 1. The molecule has 6 nitrogen and oxygen atoms in total. The summed E-state index contributed by atoms with van der Waals surface area (Å²) in [4.78, 5) is 21.7. The van der Waals surface area contributed by atoms with Gasteiger partial charge in [0.2, 0.25) is 0 Å². The summed E-state index contributed by atoms with van der Waals surface area (Å²) in [6.07, 6.45) is 0. The van der Waals surface area contributed by atoms with E-state index in [0.717, 1.165) is 28.9 Å². The molecule has 0 aliphatic carbocycles. The summed E-state index contributed by atoms with van der Waals surface area (Å²) in [7, 11) is 0. The van der Waals surface area contributed by atoms with Crippen molar-refractivity contribution in [2.75, 3.05) is 50.9 Å². The van der Waals surface area contributed by atoms with Crippen LogP contribution in [0.4, 0.5) is 9.52 Å². The Kier molecular flexibility index (Phi) is 8.67. The van der Waals surface area contributed by atoms with E-state index >= 15 is 0 Å². The molecule has 1 aliphatic heterocycles. The number of halogens is 3. The summed E-state index contributed by atoms with van der Waals surface area (Å²) in [6.45, 7) is 5.81. The van der Waals surface area contributed by atoms with E-state index in [4.69, 9.17) is 26.1 Å². The zero-order valence-electron chi connectivity index (χ0n) is 17.6. The number of rotatable bonds is 7. The first-order valence-corrected chi connectivity index (χ1v) is 11.2. The van der Waals surface area contributed by atoms with Gasteiger partial charge in [-0.2, -0.15) is 0 Å². The van der Waals surface area contributed by atoms with Gasteiger partial charge < -0.3 is 9.47 Å². The molecule has 0 spiro atoms. The highest BCUT2D eigenvalue weighted by Crippen LogP contribution is 2.33. The van der Waals surface area contributed by atoms with Crippen molar-refractivity contribution in [3.63, 3.8) is 0 Å². The number of para-hydroxylation sites is 1. The SMILES string of the molecule is Cc1cc(Cl)cc2sc(N(CCN3CCOCC3)C(=O)COc3ccccc3F)nc12.Cl. The lowest BCUT2D eigenvalue weighted by molar-refractivity contribution is -0.120. The van der Waals surface area contributed by atoms with Crippen molar-refractivity contribution >= 4 is 56.6 Å². The highest BCUT2D eigenvalue weighted by molar-refractivity contribution is 7.22. The Morgan fingerprint density at radius 2 is 2.06 bits per heavy atom. The number of nitrogens with zero attached hydrogens (tertiary/aromatic N) is 3. The number of carbonyl (C=O) groups is 1. The quantitative estimate of drug-likeness (QED) is 0.476. The van der Waals surface area contributed by atoms with E-state index in [1.165, 1.54) is 23.5 Å². The lowest BCUT2D eigenvalue weighted by Gasteiger charge is -2.29. The number of morpholine rings is 1. The molecule has 32 heavy (non-hydrogen) atoms. The minimum atomic E-state index is -0.500. The van der Waals surface area contributed by atoms with Crippen LogP contribution < -0.4 is 9.64 Å². The molecule has 0 saturated carbocycles. The van der Waals surface area contributed by atoms with E-state index in [1.54, 1.807) is 17.0 Å². The smallest absolute Gasteiger partial charge is 0.266 e. The number of hydrogen-bond donors (Lipinski definition) is 0. The van der Waals surface area contributed by atoms with Gasteiger partial charge in [0.1, 0.15) is 0 Å². The highest BCUT2D eigenvalue weighted by Gasteiger charge is 2.23. The fraction of sp³-hybridized carbons (Fsp3) is 0.364. The van der Waals surface area contributed by atoms with E-state index in [2.05, 4.69) is 4.90 Å². The van der Waals surface area contributed by atoms with Crippen molar-refractivity contribution in [2.24, 2.45) is 0 Å². The topological polar surface area (TPSA) is 54.9 Å². The Bertz CT molecular complexity index is 1080. The van der Waals surface area contributed by atoms with E-state index in [1.807, 2.05) is 19.1 Å². The van der Waals surface area contributed by atoms with Gasteiger partial charge in [-0.25, -0.2) is 9.37 Å². The van der Waals surface area contributed by atoms with Crippen molar-refractivity contribution < 1.29 is 18.7 Å². The number of amides is 1. The number of ether oxygens (including phenoxy) is 2. The first-order valence-electron chi connectivity index (χ1n) is 10.1. The Morgan fingerprint density at radius 1 is 1.31 bits per heavy atom.